The minimum Gasteiger partial charge on any atom is -0.370 e. The highest BCUT2D eigenvalue weighted by Gasteiger charge is 2.16. The van der Waals surface area contributed by atoms with E-state index in [9.17, 15) is 4.21 Å². The van der Waals surface area contributed by atoms with E-state index in [1.54, 1.807) is 0 Å². The van der Waals surface area contributed by atoms with Crippen LogP contribution in [0.3, 0.4) is 0 Å². The molecule has 0 radical (unpaired) electrons. The summed E-state index contributed by atoms with van der Waals surface area (Å²) in [6.45, 7) is 12.1. The molecule has 0 spiro atoms. The second kappa shape index (κ2) is 6.80. The van der Waals surface area contributed by atoms with E-state index in [0.29, 0.717) is 5.92 Å². The molecular formula is C14H23NOS. The number of rotatable bonds is 4. The van der Waals surface area contributed by atoms with Gasteiger partial charge in [-0.3, -0.25) is 4.21 Å². The third-order valence-corrected chi connectivity index (χ3v) is 4.34. The lowest BCUT2D eigenvalue weighted by Crippen LogP contribution is -2.36. The topological polar surface area (TPSA) is 20.3 Å². The molecule has 0 N–H and O–H groups in total. The Kier molecular flexibility index (Phi) is 5.69. The van der Waals surface area contributed by atoms with Crippen molar-refractivity contribution < 1.29 is 4.21 Å². The molecule has 1 aliphatic rings. The molecule has 1 rings (SSSR count). The number of hydrogen-bond acceptors (Lipinski definition) is 2. The van der Waals surface area contributed by atoms with Crippen LogP contribution in [0.1, 0.15) is 20.8 Å². The van der Waals surface area contributed by atoms with Gasteiger partial charge in [0.1, 0.15) is 0 Å². The zero-order chi connectivity index (χ0) is 12.8. The molecule has 0 unspecified atom stereocenters. The second-order valence-electron chi connectivity index (χ2n) is 4.55. The van der Waals surface area contributed by atoms with Crippen molar-refractivity contribution in [1.29, 1.82) is 0 Å². The summed E-state index contributed by atoms with van der Waals surface area (Å²) in [5.41, 5.74) is 2.48. The van der Waals surface area contributed by atoms with Gasteiger partial charge in [0.25, 0.3) is 0 Å². The lowest BCUT2D eigenvalue weighted by Gasteiger charge is -2.29. The lowest BCUT2D eigenvalue weighted by molar-refractivity contribution is 0.387. The molecular weight excluding hydrogens is 230 g/mol. The molecule has 1 heterocycles. The zero-order valence-electron chi connectivity index (χ0n) is 11.1. The number of allylic oxidation sites excluding steroid dienone is 4. The van der Waals surface area contributed by atoms with Crippen LogP contribution in [0.5, 0.6) is 0 Å². The maximum absolute atomic E-state index is 11.3. The molecule has 1 aliphatic heterocycles. The van der Waals surface area contributed by atoms with Gasteiger partial charge in [-0.15, -0.1) is 0 Å². The van der Waals surface area contributed by atoms with Gasteiger partial charge in [-0.05, 0) is 30.6 Å². The summed E-state index contributed by atoms with van der Waals surface area (Å²) < 4.78 is 11.3. The standard InChI is InChI=1S/C14H23NOS/c1-5-13(12(3)4)11-14(6-2)15-7-9-17(16)10-8-15/h5-6,11-12H,2,7-10H2,1,3-4H3/b13-5+,14-11+. The minimum absolute atomic E-state index is 0.522. The van der Waals surface area contributed by atoms with Gasteiger partial charge in [0.2, 0.25) is 0 Å². The summed E-state index contributed by atoms with van der Waals surface area (Å²) in [6.07, 6.45) is 6.25. The molecule has 2 nitrogen and oxygen atoms in total. The van der Waals surface area contributed by atoms with Crippen molar-refractivity contribution in [2.24, 2.45) is 5.92 Å². The van der Waals surface area contributed by atoms with E-state index in [-0.39, 0.29) is 0 Å². The Bertz CT molecular complexity index is 345. The highest BCUT2D eigenvalue weighted by molar-refractivity contribution is 7.85. The third-order valence-electron chi connectivity index (χ3n) is 3.07. The SMILES string of the molecule is C=C/C(=C\C(=C/C)C(C)C)N1CCS(=O)CC1. The maximum atomic E-state index is 11.3. The molecule has 0 bridgehead atoms. The van der Waals surface area contributed by atoms with Crippen molar-refractivity contribution in [2.45, 2.75) is 20.8 Å². The highest BCUT2D eigenvalue weighted by atomic mass is 32.2. The highest BCUT2D eigenvalue weighted by Crippen LogP contribution is 2.17. The van der Waals surface area contributed by atoms with Gasteiger partial charge in [0.05, 0.1) is 0 Å². The van der Waals surface area contributed by atoms with Gasteiger partial charge in [-0.1, -0.05) is 26.5 Å². The predicted molar refractivity (Wildman–Crippen MR) is 76.3 cm³/mol. The fourth-order valence-corrected chi connectivity index (χ4v) is 2.98. The molecule has 96 valence electrons. The molecule has 0 amide bonds. The Hall–Kier alpha value is -0.830. The summed E-state index contributed by atoms with van der Waals surface area (Å²) in [5, 5.41) is 0. The largest absolute Gasteiger partial charge is 0.370 e. The van der Waals surface area contributed by atoms with E-state index in [1.807, 2.05) is 6.08 Å². The van der Waals surface area contributed by atoms with Crippen molar-refractivity contribution in [3.63, 3.8) is 0 Å². The van der Waals surface area contributed by atoms with Crippen molar-refractivity contribution in [2.75, 3.05) is 24.6 Å². The Balaban J connectivity index is 2.80. The summed E-state index contributed by atoms with van der Waals surface area (Å²) in [4.78, 5) is 2.28. The first-order valence-corrected chi connectivity index (χ1v) is 7.67. The van der Waals surface area contributed by atoms with Crippen LogP contribution in [-0.4, -0.2) is 33.7 Å². The van der Waals surface area contributed by atoms with Gasteiger partial charge >= 0.3 is 0 Å². The average Bonchev–Trinajstić information content (AvgIpc) is 2.32. The summed E-state index contributed by atoms with van der Waals surface area (Å²) >= 11 is 0. The maximum Gasteiger partial charge on any atom is 0.0411 e. The van der Waals surface area contributed by atoms with E-state index in [1.165, 1.54) is 5.57 Å². The average molecular weight is 253 g/mol. The second-order valence-corrected chi connectivity index (χ2v) is 6.25. The molecule has 17 heavy (non-hydrogen) atoms. The Labute approximate surface area is 108 Å². The van der Waals surface area contributed by atoms with Crippen LogP contribution in [-0.2, 0) is 10.8 Å². The van der Waals surface area contributed by atoms with Crippen molar-refractivity contribution in [3.05, 3.63) is 36.1 Å². The molecule has 0 aromatic carbocycles. The predicted octanol–water partition coefficient (Wildman–Crippen LogP) is 2.72. The van der Waals surface area contributed by atoms with Crippen LogP contribution in [0.4, 0.5) is 0 Å². The van der Waals surface area contributed by atoms with Crippen LogP contribution in [0.25, 0.3) is 0 Å². The Morgan fingerprint density at radius 1 is 1.35 bits per heavy atom. The number of hydrogen-bond donors (Lipinski definition) is 0. The van der Waals surface area contributed by atoms with Crippen LogP contribution in [0, 0.1) is 5.92 Å². The van der Waals surface area contributed by atoms with Crippen LogP contribution in [0.15, 0.2) is 36.1 Å². The van der Waals surface area contributed by atoms with E-state index in [2.05, 4.69) is 44.4 Å². The summed E-state index contributed by atoms with van der Waals surface area (Å²) in [7, 11) is -0.620. The minimum atomic E-state index is -0.620. The molecule has 0 aromatic rings. The lowest BCUT2D eigenvalue weighted by atomic mass is 10.0. The van der Waals surface area contributed by atoms with E-state index in [4.69, 9.17) is 0 Å². The molecule has 1 saturated heterocycles. The third kappa shape index (κ3) is 4.15. The molecule has 0 aliphatic carbocycles. The monoisotopic (exact) mass is 253 g/mol. The zero-order valence-corrected chi connectivity index (χ0v) is 11.9. The first kappa shape index (κ1) is 14.2. The van der Waals surface area contributed by atoms with Gasteiger partial charge in [0.15, 0.2) is 0 Å². The smallest absolute Gasteiger partial charge is 0.0411 e. The Morgan fingerprint density at radius 2 is 1.94 bits per heavy atom. The van der Waals surface area contributed by atoms with E-state index < -0.39 is 10.8 Å². The normalized spacial score (nSPS) is 19.9. The van der Waals surface area contributed by atoms with Gasteiger partial charge in [-0.2, -0.15) is 0 Å². The first-order valence-electron chi connectivity index (χ1n) is 6.18. The summed E-state index contributed by atoms with van der Waals surface area (Å²) in [6, 6.07) is 0. The van der Waals surface area contributed by atoms with E-state index >= 15 is 0 Å². The fourth-order valence-electron chi connectivity index (χ4n) is 1.93. The molecule has 0 saturated carbocycles. The molecule has 0 aromatic heterocycles. The molecule has 0 atom stereocenters. The quantitative estimate of drug-likeness (QED) is 0.718. The van der Waals surface area contributed by atoms with Crippen molar-refractivity contribution in [1.82, 2.24) is 4.90 Å². The van der Waals surface area contributed by atoms with Crippen LogP contribution < -0.4 is 0 Å². The fraction of sp³-hybridized carbons (Fsp3) is 0.571. The van der Waals surface area contributed by atoms with Crippen LogP contribution in [0.2, 0.25) is 0 Å². The van der Waals surface area contributed by atoms with E-state index in [0.717, 1.165) is 30.3 Å². The number of nitrogens with zero attached hydrogens (tertiary/aromatic N) is 1. The van der Waals surface area contributed by atoms with Crippen LogP contribution >= 0.6 is 0 Å². The van der Waals surface area contributed by atoms with Gasteiger partial charge in [-0.25, -0.2) is 0 Å². The molecule has 3 heteroatoms. The van der Waals surface area contributed by atoms with Gasteiger partial charge in [0, 0.05) is 41.1 Å². The van der Waals surface area contributed by atoms with Crippen molar-refractivity contribution >= 4 is 10.8 Å². The van der Waals surface area contributed by atoms with Crippen molar-refractivity contribution in [3.8, 4) is 0 Å². The Morgan fingerprint density at radius 3 is 2.35 bits per heavy atom. The summed E-state index contributed by atoms with van der Waals surface area (Å²) in [5.74, 6) is 2.07. The first-order chi connectivity index (χ1) is 8.08. The van der Waals surface area contributed by atoms with Gasteiger partial charge < -0.3 is 4.90 Å². The molecule has 1 fully saturated rings.